The highest BCUT2D eigenvalue weighted by molar-refractivity contribution is 6.30. The Morgan fingerprint density at radius 1 is 1.22 bits per heavy atom. The molecule has 0 aromatic heterocycles. The van der Waals surface area contributed by atoms with Crippen LogP contribution in [0.15, 0.2) is 24.3 Å². The number of piperidine rings is 1. The Bertz CT molecular complexity index is 570. The summed E-state index contributed by atoms with van der Waals surface area (Å²) in [5.74, 6) is -0.0605. The molecule has 3 rings (SSSR count). The van der Waals surface area contributed by atoms with Crippen LogP contribution in [0, 0.1) is 5.92 Å². The molecule has 0 spiro atoms. The molecule has 2 atom stereocenters. The van der Waals surface area contributed by atoms with Gasteiger partial charge in [0.25, 0.3) is 5.91 Å². The molecule has 2 amide bonds. The highest BCUT2D eigenvalue weighted by Crippen LogP contribution is 2.20. The van der Waals surface area contributed by atoms with Gasteiger partial charge in [0.15, 0.2) is 0 Å². The first-order valence-corrected chi connectivity index (χ1v) is 8.57. The van der Waals surface area contributed by atoms with E-state index in [1.165, 1.54) is 0 Å². The van der Waals surface area contributed by atoms with Crippen molar-refractivity contribution in [1.82, 2.24) is 15.5 Å². The summed E-state index contributed by atoms with van der Waals surface area (Å²) in [5.41, 5.74) is 0.621. The molecule has 2 fully saturated rings. The van der Waals surface area contributed by atoms with Crippen LogP contribution in [0.2, 0.25) is 5.02 Å². The Labute approximate surface area is 141 Å². The van der Waals surface area contributed by atoms with Gasteiger partial charge in [0.1, 0.15) is 0 Å². The van der Waals surface area contributed by atoms with Gasteiger partial charge >= 0.3 is 0 Å². The van der Waals surface area contributed by atoms with Crippen LogP contribution in [0.3, 0.4) is 0 Å². The van der Waals surface area contributed by atoms with Gasteiger partial charge in [-0.3, -0.25) is 9.59 Å². The molecule has 6 heteroatoms. The summed E-state index contributed by atoms with van der Waals surface area (Å²) < 4.78 is 0. The highest BCUT2D eigenvalue weighted by Gasteiger charge is 2.30. The third-order valence-corrected chi connectivity index (χ3v) is 4.83. The predicted molar refractivity (Wildman–Crippen MR) is 89.5 cm³/mol. The normalized spacial score (nSPS) is 24.5. The lowest BCUT2D eigenvalue weighted by Gasteiger charge is -2.32. The van der Waals surface area contributed by atoms with Crippen LogP contribution in [0.5, 0.6) is 0 Å². The van der Waals surface area contributed by atoms with Crippen molar-refractivity contribution in [2.24, 2.45) is 5.92 Å². The summed E-state index contributed by atoms with van der Waals surface area (Å²) in [5, 5.41) is 6.96. The zero-order chi connectivity index (χ0) is 16.2. The molecular formula is C17H22ClN3O2. The molecule has 23 heavy (non-hydrogen) atoms. The molecule has 0 aliphatic carbocycles. The summed E-state index contributed by atoms with van der Waals surface area (Å²) in [7, 11) is 0. The smallest absolute Gasteiger partial charge is 0.253 e. The molecule has 2 aliphatic rings. The number of benzene rings is 1. The van der Waals surface area contributed by atoms with Gasteiger partial charge in [0.05, 0.1) is 5.92 Å². The van der Waals surface area contributed by atoms with E-state index in [0.29, 0.717) is 23.7 Å². The molecule has 5 nitrogen and oxygen atoms in total. The van der Waals surface area contributed by atoms with Gasteiger partial charge in [-0.2, -0.15) is 0 Å². The lowest BCUT2D eigenvalue weighted by molar-refractivity contribution is -0.126. The summed E-state index contributed by atoms with van der Waals surface area (Å²) in [6.07, 6.45) is 2.68. The van der Waals surface area contributed by atoms with E-state index < -0.39 is 0 Å². The number of carbonyl (C=O) groups is 2. The average Bonchev–Trinajstić information content (AvgIpc) is 3.08. The van der Waals surface area contributed by atoms with E-state index in [1.807, 2.05) is 0 Å². The molecule has 124 valence electrons. The van der Waals surface area contributed by atoms with E-state index in [9.17, 15) is 9.59 Å². The van der Waals surface area contributed by atoms with Gasteiger partial charge in [-0.05, 0) is 50.1 Å². The van der Waals surface area contributed by atoms with E-state index >= 15 is 0 Å². The van der Waals surface area contributed by atoms with Gasteiger partial charge in [-0.15, -0.1) is 0 Å². The maximum Gasteiger partial charge on any atom is 0.253 e. The number of amides is 2. The van der Waals surface area contributed by atoms with Crippen molar-refractivity contribution in [3.05, 3.63) is 34.9 Å². The number of nitrogens with zero attached hydrogens (tertiary/aromatic N) is 1. The fourth-order valence-electron chi connectivity index (χ4n) is 3.25. The van der Waals surface area contributed by atoms with Gasteiger partial charge in [-0.1, -0.05) is 11.6 Å². The molecule has 2 aliphatic heterocycles. The number of carbonyl (C=O) groups excluding carboxylic acids is 2. The second kappa shape index (κ2) is 7.32. The number of nitrogens with one attached hydrogen (secondary N) is 2. The maximum absolute atomic E-state index is 12.6. The third kappa shape index (κ3) is 4.03. The second-order valence-electron chi connectivity index (χ2n) is 6.30. The molecule has 2 saturated heterocycles. The fraction of sp³-hybridized carbons (Fsp3) is 0.529. The third-order valence-electron chi connectivity index (χ3n) is 4.58. The van der Waals surface area contributed by atoms with Gasteiger partial charge < -0.3 is 15.5 Å². The Morgan fingerprint density at radius 3 is 2.70 bits per heavy atom. The van der Waals surface area contributed by atoms with Gasteiger partial charge in [0.2, 0.25) is 5.91 Å². The Balaban J connectivity index is 1.59. The standard InChI is InChI=1S/C17H22ClN3O2/c18-14-5-3-12(4-6-14)17(23)21-9-1-2-13(11-21)16(22)20-15-7-8-19-10-15/h3-6,13,15,19H,1-2,7-11H2,(H,20,22). The molecule has 0 saturated carbocycles. The summed E-state index contributed by atoms with van der Waals surface area (Å²) in [6, 6.07) is 7.13. The topological polar surface area (TPSA) is 61.4 Å². The molecule has 0 radical (unpaired) electrons. The van der Waals surface area contributed by atoms with Crippen LogP contribution in [0.25, 0.3) is 0 Å². The first-order valence-electron chi connectivity index (χ1n) is 8.19. The summed E-state index contributed by atoms with van der Waals surface area (Å²) >= 11 is 5.86. The number of rotatable bonds is 3. The lowest BCUT2D eigenvalue weighted by atomic mass is 9.96. The van der Waals surface area contributed by atoms with Crippen LogP contribution in [-0.2, 0) is 4.79 Å². The van der Waals surface area contributed by atoms with Crippen molar-refractivity contribution in [3.63, 3.8) is 0 Å². The average molecular weight is 336 g/mol. The number of hydrogen-bond donors (Lipinski definition) is 2. The van der Waals surface area contributed by atoms with E-state index in [-0.39, 0.29) is 23.8 Å². The molecule has 1 aromatic rings. The van der Waals surface area contributed by atoms with Crippen molar-refractivity contribution < 1.29 is 9.59 Å². The fourth-order valence-corrected chi connectivity index (χ4v) is 3.37. The van der Waals surface area contributed by atoms with Crippen molar-refractivity contribution >= 4 is 23.4 Å². The largest absolute Gasteiger partial charge is 0.352 e. The van der Waals surface area contributed by atoms with E-state index in [0.717, 1.165) is 32.4 Å². The first kappa shape index (κ1) is 16.3. The highest BCUT2D eigenvalue weighted by atomic mass is 35.5. The van der Waals surface area contributed by atoms with Gasteiger partial charge in [-0.25, -0.2) is 0 Å². The predicted octanol–water partition coefficient (Wildman–Crippen LogP) is 1.67. The minimum atomic E-state index is -0.111. The molecule has 1 aromatic carbocycles. The first-order chi connectivity index (χ1) is 11.1. The summed E-state index contributed by atoms with van der Waals surface area (Å²) in [6.45, 7) is 2.99. The van der Waals surface area contributed by atoms with Crippen LogP contribution < -0.4 is 10.6 Å². The monoisotopic (exact) mass is 335 g/mol. The lowest BCUT2D eigenvalue weighted by Crippen LogP contribution is -2.48. The maximum atomic E-state index is 12.6. The van der Waals surface area contributed by atoms with Crippen LogP contribution in [0.1, 0.15) is 29.6 Å². The quantitative estimate of drug-likeness (QED) is 0.883. The van der Waals surface area contributed by atoms with E-state index in [4.69, 9.17) is 11.6 Å². The second-order valence-corrected chi connectivity index (χ2v) is 6.73. The van der Waals surface area contributed by atoms with E-state index in [2.05, 4.69) is 10.6 Å². The minimum absolute atomic E-state index is 0.0262. The van der Waals surface area contributed by atoms with Crippen LogP contribution in [-0.4, -0.2) is 48.9 Å². The minimum Gasteiger partial charge on any atom is -0.352 e. The Hall–Kier alpha value is -1.59. The SMILES string of the molecule is O=C(NC1CCNC1)C1CCCN(C(=O)c2ccc(Cl)cc2)C1. The molecule has 0 bridgehead atoms. The van der Waals surface area contributed by atoms with Crippen LogP contribution >= 0.6 is 11.6 Å². The zero-order valence-electron chi connectivity index (χ0n) is 13.1. The molecule has 2 N–H and O–H groups in total. The number of halogens is 1. The number of likely N-dealkylation sites (tertiary alicyclic amines) is 1. The van der Waals surface area contributed by atoms with E-state index in [1.54, 1.807) is 29.2 Å². The number of hydrogen-bond acceptors (Lipinski definition) is 3. The zero-order valence-corrected chi connectivity index (χ0v) is 13.8. The van der Waals surface area contributed by atoms with Crippen molar-refractivity contribution in [3.8, 4) is 0 Å². The van der Waals surface area contributed by atoms with Crippen molar-refractivity contribution in [1.29, 1.82) is 0 Å². The van der Waals surface area contributed by atoms with Crippen molar-refractivity contribution in [2.75, 3.05) is 26.2 Å². The summed E-state index contributed by atoms with van der Waals surface area (Å²) in [4.78, 5) is 26.8. The molecule has 2 heterocycles. The van der Waals surface area contributed by atoms with Gasteiger partial charge in [0, 0.05) is 36.3 Å². The molecule has 2 unspecified atom stereocenters. The Morgan fingerprint density at radius 2 is 2.00 bits per heavy atom. The van der Waals surface area contributed by atoms with Crippen LogP contribution in [0.4, 0.5) is 0 Å². The van der Waals surface area contributed by atoms with Crippen molar-refractivity contribution in [2.45, 2.75) is 25.3 Å². The molecular weight excluding hydrogens is 314 g/mol. The Kier molecular flexibility index (Phi) is 5.18.